The number of hydrogen-bond acceptors (Lipinski definition) is 5. The third-order valence-electron chi connectivity index (χ3n) is 4.56. The number of rotatable bonds is 5. The number of hydrogen-bond donors (Lipinski definition) is 1. The summed E-state index contributed by atoms with van der Waals surface area (Å²) in [4.78, 5) is 20.4. The summed E-state index contributed by atoms with van der Waals surface area (Å²) in [6.07, 6.45) is 1.36. The fourth-order valence-corrected chi connectivity index (χ4v) is 3.61. The Bertz CT molecular complexity index is 910. The number of benzene rings is 1. The van der Waals surface area contributed by atoms with Crippen molar-refractivity contribution in [2.24, 2.45) is 0 Å². The van der Waals surface area contributed by atoms with Crippen LogP contribution in [-0.4, -0.2) is 57.4 Å². The molecule has 1 aliphatic rings. The predicted molar refractivity (Wildman–Crippen MR) is 99.4 cm³/mol. The van der Waals surface area contributed by atoms with Gasteiger partial charge in [0.2, 0.25) is 15.9 Å². The molecule has 0 aliphatic carbocycles. The molecule has 1 saturated heterocycles. The van der Waals surface area contributed by atoms with E-state index >= 15 is 0 Å². The molecule has 2 heterocycles. The summed E-state index contributed by atoms with van der Waals surface area (Å²) in [5.41, 5.74) is 0.396. The van der Waals surface area contributed by atoms with Crippen LogP contribution in [0.2, 0.25) is 0 Å². The van der Waals surface area contributed by atoms with Crippen molar-refractivity contribution in [2.45, 2.75) is 11.3 Å². The number of sulfonamides is 1. The molecule has 27 heavy (non-hydrogen) atoms. The molecule has 1 amide bonds. The van der Waals surface area contributed by atoms with Gasteiger partial charge in [-0.25, -0.2) is 22.5 Å². The minimum Gasteiger partial charge on any atom is -0.353 e. The van der Waals surface area contributed by atoms with E-state index < -0.39 is 10.0 Å². The van der Waals surface area contributed by atoms with Gasteiger partial charge in [-0.3, -0.25) is 4.79 Å². The molecule has 3 rings (SSSR count). The zero-order valence-corrected chi connectivity index (χ0v) is 15.7. The van der Waals surface area contributed by atoms with Crippen LogP contribution in [0.15, 0.2) is 47.5 Å². The molecule has 0 spiro atoms. The molecule has 1 fully saturated rings. The molecule has 1 aromatic carbocycles. The van der Waals surface area contributed by atoms with Gasteiger partial charge in [0, 0.05) is 32.4 Å². The van der Waals surface area contributed by atoms with Gasteiger partial charge in [0.15, 0.2) is 0 Å². The first-order valence-electron chi connectivity index (χ1n) is 8.56. The number of anilines is 1. The highest BCUT2D eigenvalue weighted by atomic mass is 32.2. The van der Waals surface area contributed by atoms with Crippen molar-refractivity contribution < 1.29 is 17.6 Å². The molecule has 1 aromatic heterocycles. The molecule has 2 aromatic rings. The van der Waals surface area contributed by atoms with E-state index in [0.29, 0.717) is 37.6 Å². The third kappa shape index (κ3) is 4.42. The molecule has 144 valence electrons. The van der Waals surface area contributed by atoms with Gasteiger partial charge in [-0.15, -0.1) is 0 Å². The van der Waals surface area contributed by atoms with E-state index in [1.807, 2.05) is 4.90 Å². The van der Waals surface area contributed by atoms with Crippen molar-refractivity contribution >= 4 is 21.7 Å². The number of halogens is 1. The number of pyridine rings is 1. The van der Waals surface area contributed by atoms with Crippen molar-refractivity contribution in [2.75, 3.05) is 38.1 Å². The van der Waals surface area contributed by atoms with Gasteiger partial charge in [-0.2, -0.15) is 0 Å². The summed E-state index contributed by atoms with van der Waals surface area (Å²) in [7, 11) is -2.17. The smallest absolute Gasteiger partial charge is 0.241 e. The molecule has 7 nitrogen and oxygen atoms in total. The van der Waals surface area contributed by atoms with Crippen molar-refractivity contribution in [3.63, 3.8) is 0 Å². The van der Waals surface area contributed by atoms with E-state index in [0.717, 1.165) is 0 Å². The minimum atomic E-state index is -3.51. The van der Waals surface area contributed by atoms with E-state index in [4.69, 9.17) is 0 Å². The van der Waals surface area contributed by atoms with Crippen molar-refractivity contribution in [3.05, 3.63) is 54.0 Å². The second kappa shape index (κ2) is 8.01. The normalized spacial score (nSPS) is 15.0. The first-order chi connectivity index (χ1) is 12.9. The summed E-state index contributed by atoms with van der Waals surface area (Å²) >= 11 is 0. The Balaban J connectivity index is 1.59. The van der Waals surface area contributed by atoms with Gasteiger partial charge < -0.3 is 9.80 Å². The third-order valence-corrected chi connectivity index (χ3v) is 5.96. The second-order valence-electron chi connectivity index (χ2n) is 6.20. The van der Waals surface area contributed by atoms with E-state index in [-0.39, 0.29) is 23.0 Å². The number of carbonyl (C=O) groups is 1. The quantitative estimate of drug-likeness (QED) is 0.822. The Morgan fingerprint density at radius 2 is 1.85 bits per heavy atom. The van der Waals surface area contributed by atoms with E-state index in [9.17, 15) is 17.6 Å². The van der Waals surface area contributed by atoms with Crippen LogP contribution in [-0.2, 0) is 21.2 Å². The summed E-state index contributed by atoms with van der Waals surface area (Å²) < 4.78 is 39.4. The van der Waals surface area contributed by atoms with Crippen LogP contribution in [0.25, 0.3) is 0 Å². The summed E-state index contributed by atoms with van der Waals surface area (Å²) in [5, 5.41) is 0. The van der Waals surface area contributed by atoms with Crippen LogP contribution in [0.3, 0.4) is 0 Å². The van der Waals surface area contributed by atoms with Crippen LogP contribution in [0, 0.1) is 5.82 Å². The summed E-state index contributed by atoms with van der Waals surface area (Å²) in [6, 6.07) is 9.44. The largest absolute Gasteiger partial charge is 0.353 e. The Kier molecular flexibility index (Phi) is 5.71. The molecule has 1 aliphatic heterocycles. The number of piperazine rings is 1. The van der Waals surface area contributed by atoms with E-state index in [2.05, 4.69) is 9.71 Å². The molecule has 0 bridgehead atoms. The Morgan fingerprint density at radius 1 is 1.15 bits per heavy atom. The lowest BCUT2D eigenvalue weighted by Gasteiger charge is -2.35. The highest BCUT2D eigenvalue weighted by Crippen LogP contribution is 2.17. The standard InChI is InChI=1S/C18H21FN4O3S/c1-20-27(25,26)15-6-7-17(21-13-15)22-8-10-23(11-9-22)18(24)12-14-4-2-3-5-16(14)19/h2-7,13,20H,8-12H2,1H3. The summed E-state index contributed by atoms with van der Waals surface area (Å²) in [6.45, 7) is 2.17. The topological polar surface area (TPSA) is 82.6 Å². The van der Waals surface area contributed by atoms with Crippen LogP contribution in [0.4, 0.5) is 10.2 Å². The number of amides is 1. The van der Waals surface area contributed by atoms with Gasteiger partial charge in [-0.1, -0.05) is 18.2 Å². The molecular formula is C18H21FN4O3S. The van der Waals surface area contributed by atoms with E-state index in [1.165, 1.54) is 25.4 Å². The maximum Gasteiger partial charge on any atom is 0.241 e. The first kappa shape index (κ1) is 19.2. The zero-order chi connectivity index (χ0) is 19.4. The Hall–Kier alpha value is -2.52. The Morgan fingerprint density at radius 3 is 2.44 bits per heavy atom. The van der Waals surface area contributed by atoms with Crippen molar-refractivity contribution in [1.29, 1.82) is 0 Å². The molecule has 0 atom stereocenters. The molecule has 0 radical (unpaired) electrons. The molecule has 0 saturated carbocycles. The fourth-order valence-electron chi connectivity index (χ4n) is 2.94. The lowest BCUT2D eigenvalue weighted by atomic mass is 10.1. The van der Waals surface area contributed by atoms with Gasteiger partial charge >= 0.3 is 0 Å². The molecular weight excluding hydrogens is 371 g/mol. The highest BCUT2D eigenvalue weighted by Gasteiger charge is 2.23. The van der Waals surface area contributed by atoms with Gasteiger partial charge in [0.1, 0.15) is 16.5 Å². The van der Waals surface area contributed by atoms with Crippen molar-refractivity contribution in [3.8, 4) is 0 Å². The second-order valence-corrected chi connectivity index (χ2v) is 8.08. The molecule has 0 unspecified atom stereocenters. The van der Waals surface area contributed by atoms with E-state index in [1.54, 1.807) is 29.2 Å². The Labute approximate surface area is 157 Å². The number of aromatic nitrogens is 1. The monoisotopic (exact) mass is 392 g/mol. The number of nitrogens with one attached hydrogen (secondary N) is 1. The van der Waals surface area contributed by atoms with Crippen LogP contribution in [0.1, 0.15) is 5.56 Å². The average Bonchev–Trinajstić information content (AvgIpc) is 2.70. The van der Waals surface area contributed by atoms with Crippen LogP contribution in [0.5, 0.6) is 0 Å². The first-order valence-corrected chi connectivity index (χ1v) is 10.0. The number of nitrogens with zero attached hydrogens (tertiary/aromatic N) is 3. The minimum absolute atomic E-state index is 0.0432. The number of carbonyl (C=O) groups excluding carboxylic acids is 1. The lowest BCUT2D eigenvalue weighted by molar-refractivity contribution is -0.130. The highest BCUT2D eigenvalue weighted by molar-refractivity contribution is 7.89. The maximum atomic E-state index is 13.7. The van der Waals surface area contributed by atoms with Crippen LogP contribution >= 0.6 is 0 Å². The average molecular weight is 392 g/mol. The lowest BCUT2D eigenvalue weighted by Crippen LogP contribution is -2.49. The SMILES string of the molecule is CNS(=O)(=O)c1ccc(N2CCN(C(=O)Cc3ccccc3F)CC2)nc1. The molecule has 1 N–H and O–H groups in total. The predicted octanol–water partition coefficient (Wildman–Crippen LogP) is 1.02. The zero-order valence-electron chi connectivity index (χ0n) is 14.9. The van der Waals surface area contributed by atoms with Gasteiger partial charge in [-0.05, 0) is 30.8 Å². The van der Waals surface area contributed by atoms with Gasteiger partial charge in [0.25, 0.3) is 0 Å². The van der Waals surface area contributed by atoms with Crippen LogP contribution < -0.4 is 9.62 Å². The van der Waals surface area contributed by atoms with Gasteiger partial charge in [0.05, 0.1) is 6.42 Å². The fraction of sp³-hybridized carbons (Fsp3) is 0.333. The summed E-state index contributed by atoms with van der Waals surface area (Å²) in [5.74, 6) is 0.180. The molecule has 9 heteroatoms. The maximum absolute atomic E-state index is 13.7. The van der Waals surface area contributed by atoms with Crippen molar-refractivity contribution in [1.82, 2.24) is 14.6 Å².